The van der Waals surface area contributed by atoms with Gasteiger partial charge < -0.3 is 15.2 Å². The number of rotatable bonds is 7. The molecule has 0 saturated carbocycles. The standard InChI is InChI=1S/C23H28FN3O2/c1-15(28)22(2,3)11-19-14-26-21(27-19)12-23(4,29)17-7-5-16(6-8-17)20-10-9-18(24)13-25-20/h5-10,13-15,28-29H,11-12H2,1-4H3,(H,26,27). The summed E-state index contributed by atoms with van der Waals surface area (Å²) in [6.45, 7) is 7.53. The number of aromatic nitrogens is 3. The summed E-state index contributed by atoms with van der Waals surface area (Å²) < 4.78 is 13.0. The van der Waals surface area contributed by atoms with Gasteiger partial charge in [0, 0.05) is 18.2 Å². The van der Waals surface area contributed by atoms with Crippen molar-refractivity contribution in [3.63, 3.8) is 0 Å². The molecule has 3 rings (SSSR count). The quantitative estimate of drug-likeness (QED) is 0.563. The first-order valence-electron chi connectivity index (χ1n) is 9.73. The monoisotopic (exact) mass is 397 g/mol. The summed E-state index contributed by atoms with van der Waals surface area (Å²) >= 11 is 0. The summed E-state index contributed by atoms with van der Waals surface area (Å²) in [5, 5.41) is 20.9. The number of nitrogens with zero attached hydrogens (tertiary/aromatic N) is 2. The predicted molar refractivity (Wildman–Crippen MR) is 111 cm³/mol. The van der Waals surface area contributed by atoms with Crippen LogP contribution in [0.2, 0.25) is 0 Å². The second-order valence-electron chi connectivity index (χ2n) is 8.57. The minimum absolute atomic E-state index is 0.279. The Balaban J connectivity index is 1.72. The van der Waals surface area contributed by atoms with Crippen molar-refractivity contribution in [3.05, 3.63) is 71.7 Å². The summed E-state index contributed by atoms with van der Waals surface area (Å²) in [7, 11) is 0. The van der Waals surface area contributed by atoms with Crippen molar-refractivity contribution in [3.8, 4) is 11.3 Å². The smallest absolute Gasteiger partial charge is 0.141 e. The topological polar surface area (TPSA) is 82.0 Å². The van der Waals surface area contributed by atoms with Gasteiger partial charge in [-0.3, -0.25) is 4.98 Å². The maximum Gasteiger partial charge on any atom is 0.141 e. The van der Waals surface area contributed by atoms with Crippen LogP contribution in [0.25, 0.3) is 11.3 Å². The van der Waals surface area contributed by atoms with Gasteiger partial charge in [-0.15, -0.1) is 0 Å². The van der Waals surface area contributed by atoms with E-state index in [4.69, 9.17) is 0 Å². The highest BCUT2D eigenvalue weighted by atomic mass is 19.1. The summed E-state index contributed by atoms with van der Waals surface area (Å²) in [6.07, 6.45) is 3.55. The molecule has 2 atom stereocenters. The minimum atomic E-state index is -1.11. The first kappa shape index (κ1) is 21.1. The molecule has 29 heavy (non-hydrogen) atoms. The van der Waals surface area contributed by atoms with E-state index in [0.29, 0.717) is 24.4 Å². The van der Waals surface area contributed by atoms with Gasteiger partial charge in [-0.25, -0.2) is 9.37 Å². The minimum Gasteiger partial charge on any atom is -0.393 e. The number of pyridine rings is 1. The van der Waals surface area contributed by atoms with E-state index in [-0.39, 0.29) is 11.2 Å². The molecule has 2 heterocycles. The van der Waals surface area contributed by atoms with Crippen molar-refractivity contribution in [1.82, 2.24) is 15.0 Å². The average molecular weight is 397 g/mol. The second-order valence-corrected chi connectivity index (χ2v) is 8.57. The van der Waals surface area contributed by atoms with Crippen LogP contribution in [0.4, 0.5) is 4.39 Å². The van der Waals surface area contributed by atoms with E-state index < -0.39 is 11.7 Å². The van der Waals surface area contributed by atoms with Crippen LogP contribution in [0.5, 0.6) is 0 Å². The number of aliphatic hydroxyl groups excluding tert-OH is 1. The molecule has 0 fully saturated rings. The van der Waals surface area contributed by atoms with E-state index >= 15 is 0 Å². The SMILES string of the molecule is CC(O)C(C)(C)Cc1c[nH]c(CC(C)(O)c2ccc(-c3ccc(F)cn3)cc2)n1. The maximum absolute atomic E-state index is 13.0. The number of halogens is 1. The number of H-pyrrole nitrogens is 1. The third-order valence-electron chi connectivity index (χ3n) is 5.49. The van der Waals surface area contributed by atoms with Crippen molar-refractivity contribution in [2.45, 2.75) is 52.2 Å². The highest BCUT2D eigenvalue weighted by Gasteiger charge is 2.28. The van der Waals surface area contributed by atoms with E-state index in [1.807, 2.05) is 44.3 Å². The Hall–Kier alpha value is -2.57. The fourth-order valence-electron chi connectivity index (χ4n) is 3.17. The molecular formula is C23H28FN3O2. The molecule has 2 unspecified atom stereocenters. The summed E-state index contributed by atoms with van der Waals surface area (Å²) in [5.41, 5.74) is 1.76. The summed E-state index contributed by atoms with van der Waals surface area (Å²) in [4.78, 5) is 11.8. The first-order chi connectivity index (χ1) is 13.6. The van der Waals surface area contributed by atoms with Crippen LogP contribution in [0.1, 0.15) is 44.8 Å². The molecule has 0 saturated heterocycles. The molecule has 0 radical (unpaired) electrons. The lowest BCUT2D eigenvalue weighted by Crippen LogP contribution is -2.29. The Bertz CT molecular complexity index is 945. The highest BCUT2D eigenvalue weighted by molar-refractivity contribution is 5.59. The normalized spacial score (nSPS) is 15.1. The van der Waals surface area contributed by atoms with Crippen LogP contribution in [0.3, 0.4) is 0 Å². The Morgan fingerprint density at radius 2 is 1.76 bits per heavy atom. The number of nitrogens with one attached hydrogen (secondary N) is 1. The Morgan fingerprint density at radius 3 is 2.34 bits per heavy atom. The number of aromatic amines is 1. The van der Waals surface area contributed by atoms with Gasteiger partial charge in [0.05, 0.1) is 29.3 Å². The zero-order valence-electron chi connectivity index (χ0n) is 17.3. The van der Waals surface area contributed by atoms with Crippen LogP contribution < -0.4 is 0 Å². The Kier molecular flexibility index (Phi) is 5.87. The molecule has 3 aromatic rings. The molecule has 154 valence electrons. The van der Waals surface area contributed by atoms with Crippen molar-refractivity contribution in [2.75, 3.05) is 0 Å². The summed E-state index contributed by atoms with van der Waals surface area (Å²) in [6, 6.07) is 10.4. The molecule has 2 aromatic heterocycles. The van der Waals surface area contributed by atoms with Crippen molar-refractivity contribution >= 4 is 0 Å². The van der Waals surface area contributed by atoms with Gasteiger partial charge >= 0.3 is 0 Å². The van der Waals surface area contributed by atoms with Gasteiger partial charge in [-0.2, -0.15) is 0 Å². The van der Waals surface area contributed by atoms with Gasteiger partial charge in [-0.05, 0) is 43.4 Å². The van der Waals surface area contributed by atoms with E-state index in [1.54, 1.807) is 19.9 Å². The third-order valence-corrected chi connectivity index (χ3v) is 5.49. The van der Waals surface area contributed by atoms with Crippen LogP contribution >= 0.6 is 0 Å². The fourth-order valence-corrected chi connectivity index (χ4v) is 3.17. The average Bonchev–Trinajstić information content (AvgIpc) is 3.07. The lowest BCUT2D eigenvalue weighted by atomic mass is 9.83. The van der Waals surface area contributed by atoms with Gasteiger partial charge in [-0.1, -0.05) is 38.1 Å². The lowest BCUT2D eigenvalue weighted by Gasteiger charge is -2.27. The molecule has 6 heteroatoms. The zero-order valence-corrected chi connectivity index (χ0v) is 17.3. The fraction of sp³-hybridized carbons (Fsp3) is 0.391. The molecule has 0 amide bonds. The molecule has 3 N–H and O–H groups in total. The van der Waals surface area contributed by atoms with Gasteiger partial charge in [0.25, 0.3) is 0 Å². The summed E-state index contributed by atoms with van der Waals surface area (Å²) in [5.74, 6) is 0.318. The van der Waals surface area contributed by atoms with Crippen LogP contribution in [0, 0.1) is 11.2 Å². The van der Waals surface area contributed by atoms with E-state index in [9.17, 15) is 14.6 Å². The van der Waals surface area contributed by atoms with E-state index in [2.05, 4.69) is 15.0 Å². The van der Waals surface area contributed by atoms with Crippen LogP contribution in [-0.2, 0) is 18.4 Å². The molecule has 0 aliphatic rings. The van der Waals surface area contributed by atoms with Crippen molar-refractivity contribution in [2.24, 2.45) is 5.41 Å². The molecule has 0 aliphatic carbocycles. The number of hydrogen-bond acceptors (Lipinski definition) is 4. The number of hydrogen-bond donors (Lipinski definition) is 3. The molecular weight excluding hydrogens is 369 g/mol. The van der Waals surface area contributed by atoms with E-state index in [1.165, 1.54) is 12.3 Å². The van der Waals surface area contributed by atoms with Crippen LogP contribution in [-0.4, -0.2) is 31.3 Å². The Morgan fingerprint density at radius 1 is 1.07 bits per heavy atom. The number of aliphatic hydroxyl groups is 2. The van der Waals surface area contributed by atoms with E-state index in [0.717, 1.165) is 16.8 Å². The third kappa shape index (κ3) is 5.08. The number of imidazole rings is 1. The molecule has 0 aliphatic heterocycles. The maximum atomic E-state index is 13.0. The molecule has 5 nitrogen and oxygen atoms in total. The largest absolute Gasteiger partial charge is 0.393 e. The molecule has 1 aromatic carbocycles. The second kappa shape index (κ2) is 8.05. The molecule has 0 bridgehead atoms. The zero-order chi connectivity index (χ0) is 21.2. The van der Waals surface area contributed by atoms with Crippen molar-refractivity contribution in [1.29, 1.82) is 0 Å². The lowest BCUT2D eigenvalue weighted by molar-refractivity contribution is 0.0554. The van der Waals surface area contributed by atoms with Gasteiger partial charge in [0.15, 0.2) is 0 Å². The predicted octanol–water partition coefficient (Wildman–Crippen LogP) is 4.01. The Labute approximate surface area is 170 Å². The van der Waals surface area contributed by atoms with Gasteiger partial charge in [0.2, 0.25) is 0 Å². The first-order valence-corrected chi connectivity index (χ1v) is 9.73. The van der Waals surface area contributed by atoms with Gasteiger partial charge in [0.1, 0.15) is 11.6 Å². The molecule has 0 spiro atoms. The van der Waals surface area contributed by atoms with Crippen molar-refractivity contribution < 1.29 is 14.6 Å². The number of benzene rings is 1. The highest BCUT2D eigenvalue weighted by Crippen LogP contribution is 2.28. The van der Waals surface area contributed by atoms with Crippen LogP contribution in [0.15, 0.2) is 48.8 Å².